The average molecular weight is 368 g/mol. The van der Waals surface area contributed by atoms with Gasteiger partial charge in [-0.1, -0.05) is 6.07 Å². The molecule has 27 heavy (non-hydrogen) atoms. The highest BCUT2D eigenvalue weighted by atomic mass is 19.1. The molecule has 1 aromatic heterocycles. The Bertz CT molecular complexity index is 953. The van der Waals surface area contributed by atoms with Crippen LogP contribution in [-0.2, 0) is 0 Å². The summed E-state index contributed by atoms with van der Waals surface area (Å²) in [6.07, 6.45) is 3.53. The zero-order chi connectivity index (χ0) is 18.8. The molecule has 0 bridgehead atoms. The zero-order valence-electron chi connectivity index (χ0n) is 15.0. The number of anilines is 2. The Hall–Kier alpha value is -2.93. The lowest BCUT2D eigenvalue weighted by Gasteiger charge is -2.29. The molecule has 6 nitrogen and oxygen atoms in total. The summed E-state index contributed by atoms with van der Waals surface area (Å²) in [5.74, 6) is 0.165. The first kappa shape index (κ1) is 17.5. The predicted molar refractivity (Wildman–Crippen MR) is 102 cm³/mol. The maximum Gasteiger partial charge on any atom is 0.166 e. The number of nitrogens with zero attached hydrogens (tertiary/aromatic N) is 3. The summed E-state index contributed by atoms with van der Waals surface area (Å²) in [7, 11) is 2.11. The van der Waals surface area contributed by atoms with Crippen molar-refractivity contribution in [3.8, 4) is 11.5 Å². The summed E-state index contributed by atoms with van der Waals surface area (Å²) in [4.78, 5) is 10.9. The summed E-state index contributed by atoms with van der Waals surface area (Å²) in [5, 5.41) is 13.2. The van der Waals surface area contributed by atoms with Crippen molar-refractivity contribution in [2.45, 2.75) is 18.9 Å². The van der Waals surface area contributed by atoms with E-state index in [1.54, 1.807) is 6.07 Å². The number of hydrogen-bond donors (Lipinski definition) is 2. The number of aromatic nitrogens is 2. The second kappa shape index (κ2) is 7.36. The van der Waals surface area contributed by atoms with Crippen LogP contribution in [0.5, 0.6) is 11.5 Å². The first-order valence-electron chi connectivity index (χ1n) is 8.94. The van der Waals surface area contributed by atoms with E-state index in [4.69, 9.17) is 4.74 Å². The Morgan fingerprint density at radius 3 is 2.78 bits per heavy atom. The smallest absolute Gasteiger partial charge is 0.166 e. The molecule has 0 atom stereocenters. The van der Waals surface area contributed by atoms with Crippen LogP contribution in [0.3, 0.4) is 0 Å². The third kappa shape index (κ3) is 3.78. The van der Waals surface area contributed by atoms with Crippen LogP contribution < -0.4 is 10.1 Å². The van der Waals surface area contributed by atoms with Gasteiger partial charge in [0.1, 0.15) is 24.0 Å². The third-order valence-electron chi connectivity index (χ3n) is 4.79. The number of rotatable bonds is 4. The molecule has 140 valence electrons. The highest BCUT2D eigenvalue weighted by Gasteiger charge is 2.20. The molecule has 1 fully saturated rings. The van der Waals surface area contributed by atoms with E-state index in [-0.39, 0.29) is 11.9 Å². The second-order valence-corrected chi connectivity index (χ2v) is 6.78. The standard InChI is InChI=1S/C20H21FN4O2/c1-25-9-7-14(8-10-25)27-18-4-2-3-16-19(18)20(23-12-22-16)24-13-5-6-17(26)15(21)11-13/h2-6,11-12,14,26H,7-10H2,1H3,(H,22,23,24). The molecule has 1 saturated heterocycles. The topological polar surface area (TPSA) is 70.5 Å². The van der Waals surface area contributed by atoms with Crippen LogP contribution in [0.15, 0.2) is 42.7 Å². The summed E-state index contributed by atoms with van der Waals surface area (Å²) in [6, 6.07) is 9.82. The van der Waals surface area contributed by atoms with Gasteiger partial charge in [-0.2, -0.15) is 0 Å². The second-order valence-electron chi connectivity index (χ2n) is 6.78. The molecule has 1 aliphatic heterocycles. The average Bonchev–Trinajstić information content (AvgIpc) is 2.67. The molecule has 0 amide bonds. The molecule has 0 radical (unpaired) electrons. The largest absolute Gasteiger partial charge is 0.505 e. The lowest BCUT2D eigenvalue weighted by molar-refractivity contribution is 0.116. The van der Waals surface area contributed by atoms with E-state index < -0.39 is 5.82 Å². The highest BCUT2D eigenvalue weighted by Crippen LogP contribution is 2.33. The van der Waals surface area contributed by atoms with E-state index >= 15 is 0 Å². The number of ether oxygens (including phenoxy) is 1. The van der Waals surface area contributed by atoms with Gasteiger partial charge in [-0.05, 0) is 44.2 Å². The molecule has 2 aromatic carbocycles. The molecule has 0 unspecified atom stereocenters. The Labute approximate surface area is 156 Å². The summed E-state index contributed by atoms with van der Waals surface area (Å²) >= 11 is 0. The van der Waals surface area contributed by atoms with Crippen molar-refractivity contribution >= 4 is 22.4 Å². The van der Waals surface area contributed by atoms with E-state index in [9.17, 15) is 9.50 Å². The van der Waals surface area contributed by atoms with Crippen molar-refractivity contribution in [2.24, 2.45) is 0 Å². The van der Waals surface area contributed by atoms with Gasteiger partial charge in [-0.15, -0.1) is 0 Å². The number of halogens is 1. The third-order valence-corrected chi connectivity index (χ3v) is 4.79. The quantitative estimate of drug-likeness (QED) is 0.685. The zero-order valence-corrected chi connectivity index (χ0v) is 15.0. The van der Waals surface area contributed by atoms with Gasteiger partial charge in [-0.3, -0.25) is 0 Å². The van der Waals surface area contributed by atoms with Crippen molar-refractivity contribution < 1.29 is 14.2 Å². The number of phenols is 1. The Kier molecular flexibility index (Phi) is 4.77. The summed E-state index contributed by atoms with van der Waals surface area (Å²) < 4.78 is 19.9. The molecule has 3 aromatic rings. The van der Waals surface area contributed by atoms with Crippen LogP contribution >= 0.6 is 0 Å². The maximum absolute atomic E-state index is 13.7. The lowest BCUT2D eigenvalue weighted by Crippen LogP contribution is -2.35. The lowest BCUT2D eigenvalue weighted by atomic mass is 10.1. The van der Waals surface area contributed by atoms with Gasteiger partial charge in [0.15, 0.2) is 11.6 Å². The molecule has 4 rings (SSSR count). The number of hydrogen-bond acceptors (Lipinski definition) is 6. The van der Waals surface area contributed by atoms with Crippen LogP contribution in [0.1, 0.15) is 12.8 Å². The van der Waals surface area contributed by atoms with Crippen LogP contribution in [0.4, 0.5) is 15.9 Å². The van der Waals surface area contributed by atoms with Gasteiger partial charge in [0.2, 0.25) is 0 Å². The number of benzene rings is 2. The first-order valence-corrected chi connectivity index (χ1v) is 8.94. The van der Waals surface area contributed by atoms with Gasteiger partial charge in [0, 0.05) is 24.8 Å². The highest BCUT2D eigenvalue weighted by molar-refractivity contribution is 5.95. The minimum Gasteiger partial charge on any atom is -0.505 e. The molecule has 7 heteroatoms. The number of aromatic hydroxyl groups is 1. The predicted octanol–water partition coefficient (Wildman–Crippen LogP) is 3.69. The number of piperidine rings is 1. The van der Waals surface area contributed by atoms with Gasteiger partial charge >= 0.3 is 0 Å². The molecule has 0 spiro atoms. The van der Waals surface area contributed by atoms with Crippen LogP contribution in [0, 0.1) is 5.82 Å². The fourth-order valence-corrected chi connectivity index (χ4v) is 3.28. The molecule has 2 N–H and O–H groups in total. The fraction of sp³-hybridized carbons (Fsp3) is 0.300. The Balaban J connectivity index is 1.67. The summed E-state index contributed by atoms with van der Waals surface area (Å²) in [6.45, 7) is 2.01. The number of fused-ring (bicyclic) bond motifs is 1. The van der Waals surface area contributed by atoms with Gasteiger partial charge in [0.05, 0.1) is 10.9 Å². The number of phenolic OH excluding ortho intramolecular Hbond substituents is 1. The molecule has 0 saturated carbocycles. The molecule has 0 aliphatic carbocycles. The Morgan fingerprint density at radius 2 is 2.00 bits per heavy atom. The normalized spacial score (nSPS) is 15.8. The molecule has 2 heterocycles. The van der Waals surface area contributed by atoms with Crippen molar-refractivity contribution in [1.82, 2.24) is 14.9 Å². The van der Waals surface area contributed by atoms with Crippen LogP contribution in [0.25, 0.3) is 10.9 Å². The van der Waals surface area contributed by atoms with Gasteiger partial charge in [0.25, 0.3) is 0 Å². The molecule has 1 aliphatic rings. The number of nitrogens with one attached hydrogen (secondary N) is 1. The van der Waals surface area contributed by atoms with Crippen LogP contribution in [-0.4, -0.2) is 46.2 Å². The minimum atomic E-state index is -0.693. The van der Waals surface area contributed by atoms with Crippen molar-refractivity contribution in [3.05, 3.63) is 48.5 Å². The van der Waals surface area contributed by atoms with Crippen molar-refractivity contribution in [2.75, 3.05) is 25.5 Å². The van der Waals surface area contributed by atoms with E-state index in [0.717, 1.165) is 36.8 Å². The van der Waals surface area contributed by atoms with Crippen molar-refractivity contribution in [1.29, 1.82) is 0 Å². The van der Waals surface area contributed by atoms with E-state index in [1.807, 2.05) is 18.2 Å². The number of likely N-dealkylation sites (tertiary alicyclic amines) is 1. The van der Waals surface area contributed by atoms with E-state index in [2.05, 4.69) is 27.2 Å². The van der Waals surface area contributed by atoms with Gasteiger partial charge in [-0.25, -0.2) is 14.4 Å². The maximum atomic E-state index is 13.7. The Morgan fingerprint density at radius 1 is 1.19 bits per heavy atom. The monoisotopic (exact) mass is 368 g/mol. The molecular formula is C20H21FN4O2. The van der Waals surface area contributed by atoms with Gasteiger partial charge < -0.3 is 20.1 Å². The molecular weight excluding hydrogens is 347 g/mol. The minimum absolute atomic E-state index is 0.144. The van der Waals surface area contributed by atoms with Crippen LogP contribution in [0.2, 0.25) is 0 Å². The fourth-order valence-electron chi connectivity index (χ4n) is 3.28. The summed E-state index contributed by atoms with van der Waals surface area (Å²) in [5.41, 5.74) is 1.23. The SMILES string of the molecule is CN1CCC(Oc2cccc3ncnc(Nc4ccc(O)c(F)c4)c23)CC1. The van der Waals surface area contributed by atoms with E-state index in [1.165, 1.54) is 18.5 Å². The first-order chi connectivity index (χ1) is 13.1. The van der Waals surface area contributed by atoms with Crippen molar-refractivity contribution in [3.63, 3.8) is 0 Å². The van der Waals surface area contributed by atoms with E-state index in [0.29, 0.717) is 17.3 Å².